The fourth-order valence-electron chi connectivity index (χ4n) is 3.85. The van der Waals surface area contributed by atoms with Gasteiger partial charge in [0.25, 0.3) is 0 Å². The molecule has 0 aliphatic rings. The summed E-state index contributed by atoms with van der Waals surface area (Å²) in [5.41, 5.74) is 6.21. The van der Waals surface area contributed by atoms with E-state index in [1.165, 1.54) is 18.2 Å². The first-order valence-corrected chi connectivity index (χ1v) is 10.8. The van der Waals surface area contributed by atoms with Gasteiger partial charge in [-0.1, -0.05) is 29.8 Å². The van der Waals surface area contributed by atoms with Gasteiger partial charge < -0.3 is 14.5 Å². The molecule has 0 saturated carbocycles. The summed E-state index contributed by atoms with van der Waals surface area (Å²) >= 11 is 6.16. The van der Waals surface area contributed by atoms with Crippen LogP contribution in [-0.4, -0.2) is 13.0 Å². The lowest BCUT2D eigenvalue weighted by Crippen LogP contribution is -2.09. The number of furan rings is 1. The molecule has 0 fully saturated rings. The number of rotatable bonds is 5. The Kier molecular flexibility index (Phi) is 6.25. The Balaban J connectivity index is 1.74. The number of allylic oxidation sites excluding steroid dienone is 1. The molecule has 1 amide bonds. The van der Waals surface area contributed by atoms with Crippen molar-refractivity contribution >= 4 is 39.7 Å². The van der Waals surface area contributed by atoms with Crippen molar-refractivity contribution in [1.82, 2.24) is 0 Å². The van der Waals surface area contributed by atoms with Gasteiger partial charge in [-0.05, 0) is 67.8 Å². The monoisotopic (exact) mass is 463 g/mol. The number of amides is 1. The third-order valence-electron chi connectivity index (χ3n) is 5.62. The first kappa shape index (κ1) is 22.6. The van der Waals surface area contributed by atoms with Crippen molar-refractivity contribution in [3.8, 4) is 16.9 Å². The highest BCUT2D eigenvalue weighted by atomic mass is 35.5. The number of nitrogens with one attached hydrogen (secondary N) is 1. The molecular formula is C27H23ClFNO3. The van der Waals surface area contributed by atoms with Crippen LogP contribution in [0.3, 0.4) is 0 Å². The second-order valence-electron chi connectivity index (χ2n) is 7.90. The molecule has 4 rings (SSSR count). The average Bonchev–Trinajstić information content (AvgIpc) is 3.21. The molecule has 0 radical (unpaired) electrons. The number of hydrogen-bond donors (Lipinski definition) is 1. The van der Waals surface area contributed by atoms with Crippen LogP contribution in [0.1, 0.15) is 23.6 Å². The summed E-state index contributed by atoms with van der Waals surface area (Å²) in [4.78, 5) is 12.7. The molecule has 3 aromatic carbocycles. The predicted octanol–water partition coefficient (Wildman–Crippen LogP) is 7.56. The molecule has 0 spiro atoms. The van der Waals surface area contributed by atoms with Crippen molar-refractivity contribution in [1.29, 1.82) is 0 Å². The number of methoxy groups -OCH3 is 1. The summed E-state index contributed by atoms with van der Waals surface area (Å²) in [7, 11) is 1.59. The molecule has 1 heterocycles. The number of fused-ring (bicyclic) bond motifs is 1. The van der Waals surface area contributed by atoms with E-state index in [4.69, 9.17) is 20.8 Å². The maximum atomic E-state index is 13.4. The molecule has 0 saturated heterocycles. The Bertz CT molecular complexity index is 1390. The van der Waals surface area contributed by atoms with E-state index in [0.717, 1.165) is 38.8 Å². The first-order chi connectivity index (χ1) is 15.8. The minimum atomic E-state index is -0.301. The smallest absolute Gasteiger partial charge is 0.248 e. The lowest BCUT2D eigenvalue weighted by molar-refractivity contribution is -0.111. The summed E-state index contributed by atoms with van der Waals surface area (Å²) < 4.78 is 24.9. The van der Waals surface area contributed by atoms with Crippen LogP contribution in [0.2, 0.25) is 5.02 Å². The quantitative estimate of drug-likeness (QED) is 0.311. The minimum absolute atomic E-state index is 0.279. The van der Waals surface area contributed by atoms with E-state index in [2.05, 4.69) is 5.32 Å². The van der Waals surface area contributed by atoms with Crippen LogP contribution in [-0.2, 0) is 4.79 Å². The van der Waals surface area contributed by atoms with Crippen molar-refractivity contribution in [3.63, 3.8) is 0 Å². The average molecular weight is 464 g/mol. The van der Waals surface area contributed by atoms with Crippen LogP contribution in [0.15, 0.2) is 65.3 Å². The van der Waals surface area contributed by atoms with Gasteiger partial charge in [-0.15, -0.1) is 0 Å². The van der Waals surface area contributed by atoms with Gasteiger partial charge in [0.05, 0.1) is 13.4 Å². The van der Waals surface area contributed by atoms with E-state index >= 15 is 0 Å². The highest BCUT2D eigenvalue weighted by Crippen LogP contribution is 2.40. The van der Waals surface area contributed by atoms with Gasteiger partial charge in [-0.25, -0.2) is 4.39 Å². The Morgan fingerprint density at radius 3 is 2.52 bits per heavy atom. The maximum absolute atomic E-state index is 13.4. The van der Waals surface area contributed by atoms with Gasteiger partial charge in [0.1, 0.15) is 17.1 Å². The van der Waals surface area contributed by atoms with E-state index in [1.807, 2.05) is 32.9 Å². The maximum Gasteiger partial charge on any atom is 0.248 e. The molecule has 1 aromatic heterocycles. The highest BCUT2D eigenvalue weighted by molar-refractivity contribution is 6.31. The number of halogens is 2. The number of carbonyl (C=O) groups is 1. The SMILES string of the molecule is COc1c(/C(C)=C/C(=O)Nc2ccc(C)c(Cl)c2)cc2c(-c3ccc(F)cc3)coc2c1C. The van der Waals surface area contributed by atoms with Gasteiger partial charge in [0, 0.05) is 38.9 Å². The van der Waals surface area contributed by atoms with Gasteiger partial charge >= 0.3 is 0 Å². The molecule has 6 heteroatoms. The topological polar surface area (TPSA) is 51.5 Å². The Morgan fingerprint density at radius 1 is 1.12 bits per heavy atom. The molecule has 0 unspecified atom stereocenters. The van der Waals surface area contributed by atoms with Crippen LogP contribution in [0, 0.1) is 19.7 Å². The third-order valence-corrected chi connectivity index (χ3v) is 6.02. The number of ether oxygens (including phenoxy) is 1. The van der Waals surface area contributed by atoms with E-state index in [1.54, 1.807) is 37.6 Å². The summed E-state index contributed by atoms with van der Waals surface area (Å²) in [6, 6.07) is 13.6. The summed E-state index contributed by atoms with van der Waals surface area (Å²) in [6.07, 6.45) is 3.18. The van der Waals surface area contributed by atoms with Crippen LogP contribution in [0.25, 0.3) is 27.7 Å². The Labute approximate surface area is 196 Å². The summed E-state index contributed by atoms with van der Waals surface area (Å²) in [5.74, 6) is 0.0466. The van der Waals surface area contributed by atoms with Gasteiger partial charge in [-0.3, -0.25) is 4.79 Å². The zero-order valence-corrected chi connectivity index (χ0v) is 19.5. The van der Waals surface area contributed by atoms with E-state index in [-0.39, 0.29) is 11.7 Å². The fourth-order valence-corrected chi connectivity index (χ4v) is 4.03. The molecule has 168 valence electrons. The van der Waals surface area contributed by atoms with Gasteiger partial charge in [0.15, 0.2) is 0 Å². The number of hydrogen-bond acceptors (Lipinski definition) is 3. The normalized spacial score (nSPS) is 11.6. The Morgan fingerprint density at radius 2 is 1.85 bits per heavy atom. The van der Waals surface area contributed by atoms with Crippen LogP contribution < -0.4 is 10.1 Å². The number of aryl methyl sites for hydroxylation is 2. The number of benzene rings is 3. The van der Waals surface area contributed by atoms with Gasteiger partial charge in [-0.2, -0.15) is 0 Å². The molecule has 4 nitrogen and oxygen atoms in total. The number of carbonyl (C=O) groups excluding carboxylic acids is 1. The molecule has 0 aliphatic heterocycles. The van der Waals surface area contributed by atoms with Crippen LogP contribution in [0.5, 0.6) is 5.75 Å². The van der Waals surface area contributed by atoms with E-state index < -0.39 is 0 Å². The van der Waals surface area contributed by atoms with Crippen molar-refractivity contribution in [3.05, 3.63) is 88.4 Å². The minimum Gasteiger partial charge on any atom is -0.496 e. The molecule has 0 aliphatic carbocycles. The molecule has 0 atom stereocenters. The second-order valence-corrected chi connectivity index (χ2v) is 8.30. The lowest BCUT2D eigenvalue weighted by atomic mass is 9.96. The van der Waals surface area contributed by atoms with Crippen LogP contribution >= 0.6 is 11.6 Å². The zero-order chi connectivity index (χ0) is 23.7. The van der Waals surface area contributed by atoms with Crippen molar-refractivity contribution < 1.29 is 18.3 Å². The molecule has 4 aromatic rings. The Hall–Kier alpha value is -3.57. The number of anilines is 1. The van der Waals surface area contributed by atoms with Crippen molar-refractivity contribution in [2.75, 3.05) is 12.4 Å². The lowest BCUT2D eigenvalue weighted by Gasteiger charge is -2.13. The fraction of sp³-hybridized carbons (Fsp3) is 0.148. The second kappa shape index (κ2) is 9.12. The summed E-state index contributed by atoms with van der Waals surface area (Å²) in [6.45, 7) is 5.66. The molecule has 0 bridgehead atoms. The van der Waals surface area contributed by atoms with Crippen molar-refractivity contribution in [2.24, 2.45) is 0 Å². The van der Waals surface area contributed by atoms with Crippen LogP contribution in [0.4, 0.5) is 10.1 Å². The third kappa shape index (κ3) is 4.50. The van der Waals surface area contributed by atoms with E-state index in [9.17, 15) is 9.18 Å². The zero-order valence-electron chi connectivity index (χ0n) is 18.8. The standard InChI is InChI=1S/C27H23ClFNO3/c1-15-5-10-20(12-24(15)28)30-25(31)11-16(2)21-13-22-23(18-6-8-19(29)9-7-18)14-33-27(22)17(3)26(21)32-4/h5-14H,1-4H3,(H,30,31)/b16-11+. The first-order valence-electron chi connectivity index (χ1n) is 10.4. The van der Waals surface area contributed by atoms with E-state index in [0.29, 0.717) is 22.0 Å². The van der Waals surface area contributed by atoms with Crippen molar-refractivity contribution in [2.45, 2.75) is 20.8 Å². The predicted molar refractivity (Wildman–Crippen MR) is 131 cm³/mol. The molecular weight excluding hydrogens is 441 g/mol. The largest absolute Gasteiger partial charge is 0.496 e. The van der Waals surface area contributed by atoms with Gasteiger partial charge in [0.2, 0.25) is 5.91 Å². The molecule has 1 N–H and O–H groups in total. The molecule has 33 heavy (non-hydrogen) atoms. The highest BCUT2D eigenvalue weighted by Gasteiger charge is 2.19. The summed E-state index contributed by atoms with van der Waals surface area (Å²) in [5, 5.41) is 4.29.